The summed E-state index contributed by atoms with van der Waals surface area (Å²) in [5.74, 6) is 0.264. The molecule has 17 heavy (non-hydrogen) atoms. The minimum absolute atomic E-state index is 0.0463. The van der Waals surface area contributed by atoms with Crippen LogP contribution in [0, 0.1) is 0 Å². The fourth-order valence-corrected chi connectivity index (χ4v) is 2.80. The molecule has 0 N–H and O–H groups in total. The lowest BCUT2D eigenvalue weighted by atomic mass is 10.0. The zero-order valence-corrected chi connectivity index (χ0v) is 9.84. The molecule has 0 radical (unpaired) electrons. The number of nitrogens with zero attached hydrogens (tertiary/aromatic N) is 1. The maximum absolute atomic E-state index is 11.9. The first kappa shape index (κ1) is 10.8. The van der Waals surface area contributed by atoms with Gasteiger partial charge in [0.1, 0.15) is 6.23 Å². The van der Waals surface area contributed by atoms with Crippen LogP contribution < -0.4 is 0 Å². The van der Waals surface area contributed by atoms with E-state index >= 15 is 0 Å². The zero-order chi connectivity index (χ0) is 11.7. The summed E-state index contributed by atoms with van der Waals surface area (Å²) in [5.41, 5.74) is 1.28. The Hall–Kier alpha value is -1.35. The molecule has 2 fully saturated rings. The maximum Gasteiger partial charge on any atom is 0.224 e. The number of fused-ring (bicyclic) bond motifs is 1. The Bertz CT molecular complexity index is 404. The van der Waals surface area contributed by atoms with Gasteiger partial charge in [-0.15, -0.1) is 0 Å². The minimum atomic E-state index is 0.0463. The summed E-state index contributed by atoms with van der Waals surface area (Å²) in [5, 5.41) is 0. The summed E-state index contributed by atoms with van der Waals surface area (Å²) < 4.78 is 5.72. The van der Waals surface area contributed by atoms with Crippen LogP contribution in [0.2, 0.25) is 0 Å². The van der Waals surface area contributed by atoms with E-state index in [-0.39, 0.29) is 18.2 Å². The molecule has 3 heteroatoms. The van der Waals surface area contributed by atoms with Gasteiger partial charge in [0.2, 0.25) is 5.91 Å². The average Bonchev–Trinajstić information content (AvgIpc) is 2.75. The fraction of sp³-hybridized carbons (Fsp3) is 0.500. The van der Waals surface area contributed by atoms with E-state index in [9.17, 15) is 4.79 Å². The molecule has 2 aliphatic rings. The molecular formula is C14H17NO2. The second-order valence-corrected chi connectivity index (χ2v) is 4.82. The number of piperidine rings is 1. The Kier molecular flexibility index (Phi) is 2.85. The van der Waals surface area contributed by atoms with E-state index in [0.717, 1.165) is 19.3 Å². The molecule has 90 valence electrons. The number of rotatable bonds is 2. The molecule has 3 rings (SSSR count). The number of ether oxygens (including phenoxy) is 1. The van der Waals surface area contributed by atoms with Gasteiger partial charge in [0.05, 0.1) is 12.6 Å². The highest BCUT2D eigenvalue weighted by atomic mass is 16.5. The number of hydrogen-bond acceptors (Lipinski definition) is 2. The second kappa shape index (κ2) is 4.49. The molecule has 1 amide bonds. The lowest BCUT2D eigenvalue weighted by Crippen LogP contribution is -2.45. The Morgan fingerprint density at radius 2 is 2.12 bits per heavy atom. The average molecular weight is 231 g/mol. The molecule has 0 spiro atoms. The predicted molar refractivity (Wildman–Crippen MR) is 64.4 cm³/mol. The van der Waals surface area contributed by atoms with E-state index in [0.29, 0.717) is 13.0 Å². The Labute approximate surface area is 101 Å². The summed E-state index contributed by atoms with van der Waals surface area (Å²) >= 11 is 0. The molecule has 2 heterocycles. The van der Waals surface area contributed by atoms with Crippen molar-refractivity contribution < 1.29 is 9.53 Å². The van der Waals surface area contributed by atoms with Gasteiger partial charge in [-0.2, -0.15) is 0 Å². The van der Waals surface area contributed by atoms with Crippen LogP contribution in [0.1, 0.15) is 24.8 Å². The van der Waals surface area contributed by atoms with Crippen LogP contribution in [0.4, 0.5) is 0 Å². The van der Waals surface area contributed by atoms with Crippen LogP contribution >= 0.6 is 0 Å². The molecule has 0 aromatic heterocycles. The minimum Gasteiger partial charge on any atom is -0.356 e. The quantitative estimate of drug-likeness (QED) is 0.778. The molecule has 0 bridgehead atoms. The van der Waals surface area contributed by atoms with E-state index in [2.05, 4.69) is 12.1 Å². The van der Waals surface area contributed by atoms with Gasteiger partial charge >= 0.3 is 0 Å². The number of amides is 1. The van der Waals surface area contributed by atoms with Crippen molar-refractivity contribution in [1.29, 1.82) is 0 Å². The van der Waals surface area contributed by atoms with Crippen molar-refractivity contribution in [1.82, 2.24) is 4.90 Å². The van der Waals surface area contributed by atoms with Crippen molar-refractivity contribution in [2.45, 2.75) is 38.0 Å². The van der Waals surface area contributed by atoms with Crippen LogP contribution in [-0.2, 0) is 16.0 Å². The van der Waals surface area contributed by atoms with Crippen molar-refractivity contribution in [3.8, 4) is 0 Å². The largest absolute Gasteiger partial charge is 0.356 e. The molecule has 0 aliphatic carbocycles. The fourth-order valence-electron chi connectivity index (χ4n) is 2.80. The third kappa shape index (κ3) is 2.07. The molecule has 2 atom stereocenters. The van der Waals surface area contributed by atoms with Crippen molar-refractivity contribution in [3.05, 3.63) is 35.9 Å². The first-order valence-corrected chi connectivity index (χ1v) is 6.31. The van der Waals surface area contributed by atoms with Crippen LogP contribution in [0.5, 0.6) is 0 Å². The zero-order valence-electron chi connectivity index (χ0n) is 9.84. The van der Waals surface area contributed by atoms with E-state index in [1.165, 1.54) is 5.56 Å². The Balaban J connectivity index is 1.74. The highest BCUT2D eigenvalue weighted by molar-refractivity contribution is 5.77. The molecule has 0 unspecified atom stereocenters. The summed E-state index contributed by atoms with van der Waals surface area (Å²) in [7, 11) is 0. The number of hydrogen-bond donors (Lipinski definition) is 0. The van der Waals surface area contributed by atoms with E-state index < -0.39 is 0 Å². The van der Waals surface area contributed by atoms with Gasteiger partial charge in [-0.1, -0.05) is 30.3 Å². The van der Waals surface area contributed by atoms with Crippen molar-refractivity contribution in [2.75, 3.05) is 6.61 Å². The van der Waals surface area contributed by atoms with Gasteiger partial charge in [-0.05, 0) is 24.8 Å². The summed E-state index contributed by atoms with van der Waals surface area (Å²) in [6, 6.07) is 10.6. The van der Waals surface area contributed by atoms with Gasteiger partial charge in [-0.3, -0.25) is 4.79 Å². The van der Waals surface area contributed by atoms with Crippen LogP contribution in [-0.4, -0.2) is 29.7 Å². The van der Waals surface area contributed by atoms with Crippen LogP contribution in [0.15, 0.2) is 30.3 Å². The third-order valence-electron chi connectivity index (χ3n) is 3.63. The summed E-state index contributed by atoms with van der Waals surface area (Å²) in [6.45, 7) is 0.686. The SMILES string of the molecule is O=C1CCC[C@@H]2OC[C@@H](Cc3ccccc3)N12. The molecule has 3 nitrogen and oxygen atoms in total. The number of benzene rings is 1. The van der Waals surface area contributed by atoms with Gasteiger partial charge in [0.25, 0.3) is 0 Å². The van der Waals surface area contributed by atoms with Crippen molar-refractivity contribution >= 4 is 5.91 Å². The smallest absolute Gasteiger partial charge is 0.224 e. The normalized spacial score (nSPS) is 28.2. The lowest BCUT2D eigenvalue weighted by molar-refractivity contribution is -0.142. The summed E-state index contributed by atoms with van der Waals surface area (Å²) in [6.07, 6.45) is 3.61. The van der Waals surface area contributed by atoms with E-state index in [4.69, 9.17) is 4.74 Å². The third-order valence-corrected chi connectivity index (χ3v) is 3.63. The monoisotopic (exact) mass is 231 g/mol. The highest BCUT2D eigenvalue weighted by Crippen LogP contribution is 2.28. The molecule has 1 aromatic rings. The van der Waals surface area contributed by atoms with Gasteiger partial charge in [0, 0.05) is 6.42 Å². The van der Waals surface area contributed by atoms with Gasteiger partial charge < -0.3 is 9.64 Å². The van der Waals surface area contributed by atoms with Crippen LogP contribution in [0.3, 0.4) is 0 Å². The second-order valence-electron chi connectivity index (χ2n) is 4.82. The predicted octanol–water partition coefficient (Wildman–Crippen LogP) is 1.97. The first-order valence-electron chi connectivity index (χ1n) is 6.31. The molecule has 0 saturated carbocycles. The number of carbonyl (C=O) groups is 1. The highest BCUT2D eigenvalue weighted by Gasteiger charge is 2.39. The van der Waals surface area contributed by atoms with Gasteiger partial charge in [0.15, 0.2) is 0 Å². The molecule has 1 aromatic carbocycles. The van der Waals surface area contributed by atoms with Crippen molar-refractivity contribution in [3.63, 3.8) is 0 Å². The standard InChI is InChI=1S/C14H17NO2/c16-13-7-4-8-14-15(13)12(10-17-14)9-11-5-2-1-3-6-11/h1-3,5-6,12,14H,4,7-10H2/t12-,14+/m1/s1. The van der Waals surface area contributed by atoms with Gasteiger partial charge in [-0.25, -0.2) is 0 Å². The van der Waals surface area contributed by atoms with E-state index in [1.807, 2.05) is 23.1 Å². The first-order chi connectivity index (χ1) is 8.34. The molecule has 2 aliphatic heterocycles. The topological polar surface area (TPSA) is 29.5 Å². The van der Waals surface area contributed by atoms with Crippen LogP contribution in [0.25, 0.3) is 0 Å². The lowest BCUT2D eigenvalue weighted by Gasteiger charge is -2.32. The van der Waals surface area contributed by atoms with E-state index in [1.54, 1.807) is 0 Å². The summed E-state index contributed by atoms with van der Waals surface area (Å²) in [4.78, 5) is 13.9. The molecular weight excluding hydrogens is 214 g/mol. The maximum atomic E-state index is 11.9. The van der Waals surface area contributed by atoms with Crippen molar-refractivity contribution in [2.24, 2.45) is 0 Å². The molecule has 2 saturated heterocycles. The number of carbonyl (C=O) groups excluding carboxylic acids is 1. The Morgan fingerprint density at radius 3 is 2.94 bits per heavy atom. The Morgan fingerprint density at radius 1 is 1.29 bits per heavy atom.